The number of carbonyl (C=O) groups is 1. The smallest absolute Gasteiger partial charge is 0.258 e. The number of nitrogens with one attached hydrogen (secondary N) is 2. The fourth-order valence-corrected chi connectivity index (χ4v) is 7.90. The van der Waals surface area contributed by atoms with Crippen LogP contribution in [0.2, 0.25) is 0 Å². The molecule has 2 N–H and O–H groups in total. The normalized spacial score (nSPS) is 19.6. The molecule has 2 saturated carbocycles. The summed E-state index contributed by atoms with van der Waals surface area (Å²) in [5.41, 5.74) is 4.21. The van der Waals surface area contributed by atoms with Gasteiger partial charge in [0.25, 0.3) is 5.91 Å². The van der Waals surface area contributed by atoms with Gasteiger partial charge in [-0.15, -0.1) is 0 Å². The third kappa shape index (κ3) is 4.68. The topological polar surface area (TPSA) is 78.5 Å². The van der Waals surface area contributed by atoms with E-state index in [1.807, 2.05) is 31.1 Å². The second-order valence-corrected chi connectivity index (χ2v) is 13.2. The molecule has 0 aromatic heterocycles. The predicted octanol–water partition coefficient (Wildman–Crippen LogP) is 6.10. The molecular formula is C28H37N3O3S2. The van der Waals surface area contributed by atoms with Crippen LogP contribution in [0.25, 0.3) is 0 Å². The summed E-state index contributed by atoms with van der Waals surface area (Å²) in [5, 5.41) is 0. The zero-order valence-electron chi connectivity index (χ0n) is 21.5. The lowest BCUT2D eigenvalue weighted by atomic mass is 9.66. The average Bonchev–Trinajstić information content (AvgIpc) is 3.59. The van der Waals surface area contributed by atoms with Crippen molar-refractivity contribution in [2.45, 2.75) is 81.6 Å². The van der Waals surface area contributed by atoms with Crippen LogP contribution in [-0.4, -0.2) is 33.2 Å². The zero-order chi connectivity index (χ0) is 25.6. The highest BCUT2D eigenvalue weighted by Gasteiger charge is 2.53. The van der Waals surface area contributed by atoms with Crippen molar-refractivity contribution in [3.8, 4) is 0 Å². The number of benzene rings is 2. The third-order valence-electron chi connectivity index (χ3n) is 8.71. The second kappa shape index (κ2) is 9.69. The summed E-state index contributed by atoms with van der Waals surface area (Å²) < 4.78 is 32.2. The molecule has 3 aliphatic rings. The van der Waals surface area contributed by atoms with E-state index in [0.29, 0.717) is 17.5 Å². The Kier molecular flexibility index (Phi) is 6.89. The minimum absolute atomic E-state index is 0.0321. The van der Waals surface area contributed by atoms with E-state index in [2.05, 4.69) is 21.6 Å². The van der Waals surface area contributed by atoms with E-state index in [4.69, 9.17) is 0 Å². The highest BCUT2D eigenvalue weighted by Crippen LogP contribution is 2.62. The quantitative estimate of drug-likeness (QED) is 0.406. The number of sulfonamides is 1. The van der Waals surface area contributed by atoms with Crippen molar-refractivity contribution in [2.75, 3.05) is 22.4 Å². The fraction of sp³-hybridized carbons (Fsp3) is 0.536. The van der Waals surface area contributed by atoms with Crippen LogP contribution >= 0.6 is 11.9 Å². The van der Waals surface area contributed by atoms with Crippen LogP contribution in [0.3, 0.4) is 0 Å². The molecule has 0 unspecified atom stereocenters. The molecule has 1 aliphatic heterocycles. The van der Waals surface area contributed by atoms with Gasteiger partial charge in [-0.1, -0.05) is 31.9 Å². The van der Waals surface area contributed by atoms with E-state index in [1.54, 1.807) is 30.1 Å². The minimum atomic E-state index is -3.70. The number of carbonyl (C=O) groups excluding carboxylic acids is 1. The Bertz CT molecular complexity index is 1240. The van der Waals surface area contributed by atoms with E-state index in [0.717, 1.165) is 37.1 Å². The number of hydrogen-bond acceptors (Lipinski definition) is 5. The SMILES string of the molecule is CCC(CC)NS(=O)(=O)c1cccc(C(=O)N2CC3(CCC4(CC4)CC3)c3cc(NSC)ccc32)c1. The summed E-state index contributed by atoms with van der Waals surface area (Å²) in [5.74, 6) is -0.134. The maximum Gasteiger partial charge on any atom is 0.258 e. The van der Waals surface area contributed by atoms with Gasteiger partial charge in [0.2, 0.25) is 10.0 Å². The molecule has 0 bridgehead atoms. The summed E-state index contributed by atoms with van der Waals surface area (Å²) in [6.07, 6.45) is 10.8. The van der Waals surface area contributed by atoms with Crippen molar-refractivity contribution in [3.05, 3.63) is 53.6 Å². The molecule has 2 fully saturated rings. The van der Waals surface area contributed by atoms with Gasteiger partial charge in [-0.2, -0.15) is 0 Å². The van der Waals surface area contributed by atoms with E-state index in [9.17, 15) is 13.2 Å². The molecular weight excluding hydrogens is 490 g/mol. The summed E-state index contributed by atoms with van der Waals surface area (Å²) >= 11 is 1.57. The molecule has 5 rings (SSSR count). The largest absolute Gasteiger partial charge is 0.330 e. The molecule has 2 aromatic rings. The highest BCUT2D eigenvalue weighted by molar-refractivity contribution is 7.99. The molecule has 36 heavy (non-hydrogen) atoms. The molecule has 6 nitrogen and oxygen atoms in total. The summed E-state index contributed by atoms with van der Waals surface area (Å²) in [7, 11) is -3.70. The summed E-state index contributed by atoms with van der Waals surface area (Å²) in [6.45, 7) is 4.59. The number of anilines is 2. The summed E-state index contributed by atoms with van der Waals surface area (Å²) in [6, 6.07) is 12.7. The predicted molar refractivity (Wildman–Crippen MR) is 148 cm³/mol. The molecule has 2 aromatic carbocycles. The lowest BCUT2D eigenvalue weighted by Crippen LogP contribution is -2.40. The fourth-order valence-electron chi connectivity index (χ4n) is 6.09. The van der Waals surface area contributed by atoms with Crippen molar-refractivity contribution in [3.63, 3.8) is 0 Å². The van der Waals surface area contributed by atoms with Gasteiger partial charge in [0.1, 0.15) is 0 Å². The first-order valence-corrected chi connectivity index (χ1v) is 15.8. The van der Waals surface area contributed by atoms with Crippen LogP contribution < -0.4 is 14.3 Å². The van der Waals surface area contributed by atoms with Crippen molar-refractivity contribution in [2.24, 2.45) is 5.41 Å². The third-order valence-corrected chi connectivity index (χ3v) is 10.7. The minimum Gasteiger partial charge on any atom is -0.330 e. The van der Waals surface area contributed by atoms with Crippen LogP contribution in [-0.2, 0) is 15.4 Å². The highest BCUT2D eigenvalue weighted by atomic mass is 32.2. The second-order valence-electron chi connectivity index (χ2n) is 10.9. The Morgan fingerprint density at radius 3 is 2.36 bits per heavy atom. The van der Waals surface area contributed by atoms with Gasteiger partial charge in [0.15, 0.2) is 0 Å². The standard InChI is InChI=1S/C28H37N3O3S2/c1-4-21(5-2)30-36(33,34)23-8-6-7-20(17-23)26(32)31-19-28(15-13-27(11-12-27)14-16-28)24-18-22(29-35-3)9-10-25(24)31/h6-10,17-18,21,29-30H,4-5,11-16,19H2,1-3H3. The van der Waals surface area contributed by atoms with E-state index in [1.165, 1.54) is 37.3 Å². The van der Waals surface area contributed by atoms with Crippen molar-refractivity contribution >= 4 is 39.3 Å². The molecule has 8 heteroatoms. The molecule has 1 amide bonds. The Balaban J connectivity index is 1.46. The Labute approximate surface area is 219 Å². The number of nitrogens with zero attached hydrogens (tertiary/aromatic N) is 1. The van der Waals surface area contributed by atoms with Gasteiger partial charge in [0, 0.05) is 41.2 Å². The molecule has 2 spiro atoms. The number of fused-ring (bicyclic) bond motifs is 2. The molecule has 194 valence electrons. The van der Waals surface area contributed by atoms with Crippen LogP contribution in [0.4, 0.5) is 11.4 Å². The first-order valence-electron chi connectivity index (χ1n) is 13.1. The van der Waals surface area contributed by atoms with Gasteiger partial charge >= 0.3 is 0 Å². The van der Waals surface area contributed by atoms with E-state index >= 15 is 0 Å². The number of amides is 1. The number of hydrogen-bond donors (Lipinski definition) is 2. The molecule has 0 radical (unpaired) electrons. The monoisotopic (exact) mass is 527 g/mol. The van der Waals surface area contributed by atoms with E-state index < -0.39 is 10.0 Å². The Hall–Kier alpha value is -2.03. The molecule has 1 heterocycles. The Morgan fingerprint density at radius 2 is 1.72 bits per heavy atom. The van der Waals surface area contributed by atoms with Crippen molar-refractivity contribution < 1.29 is 13.2 Å². The van der Waals surface area contributed by atoms with Crippen LogP contribution in [0.15, 0.2) is 47.4 Å². The van der Waals surface area contributed by atoms with Gasteiger partial charge in [-0.3, -0.25) is 4.79 Å². The maximum atomic E-state index is 13.9. The Morgan fingerprint density at radius 1 is 1.03 bits per heavy atom. The van der Waals surface area contributed by atoms with Crippen LogP contribution in [0.5, 0.6) is 0 Å². The first-order chi connectivity index (χ1) is 17.2. The molecule has 0 saturated heterocycles. The van der Waals surface area contributed by atoms with Crippen molar-refractivity contribution in [1.29, 1.82) is 0 Å². The first kappa shape index (κ1) is 25.6. The molecule has 2 aliphatic carbocycles. The van der Waals surface area contributed by atoms with Crippen LogP contribution in [0.1, 0.15) is 81.1 Å². The lowest BCUT2D eigenvalue weighted by Gasteiger charge is -2.38. The average molecular weight is 528 g/mol. The van der Waals surface area contributed by atoms with Gasteiger partial charge in [-0.05, 0) is 98.7 Å². The van der Waals surface area contributed by atoms with Crippen molar-refractivity contribution in [1.82, 2.24) is 4.72 Å². The van der Waals surface area contributed by atoms with E-state index in [-0.39, 0.29) is 22.3 Å². The zero-order valence-corrected chi connectivity index (χ0v) is 23.1. The summed E-state index contributed by atoms with van der Waals surface area (Å²) in [4.78, 5) is 15.9. The lowest BCUT2D eigenvalue weighted by molar-refractivity contribution is 0.0980. The van der Waals surface area contributed by atoms with Gasteiger partial charge < -0.3 is 9.62 Å². The number of rotatable bonds is 8. The molecule has 0 atom stereocenters. The van der Waals surface area contributed by atoms with Crippen LogP contribution in [0, 0.1) is 5.41 Å². The maximum absolute atomic E-state index is 13.9. The van der Waals surface area contributed by atoms with Gasteiger partial charge in [0.05, 0.1) is 4.90 Å². The van der Waals surface area contributed by atoms with Gasteiger partial charge in [-0.25, -0.2) is 13.1 Å².